The zero-order valence-electron chi connectivity index (χ0n) is 11.5. The van der Waals surface area contributed by atoms with Gasteiger partial charge in [-0.3, -0.25) is 14.5 Å². The van der Waals surface area contributed by atoms with E-state index < -0.39 is 5.97 Å². The lowest BCUT2D eigenvalue weighted by atomic mass is 10.1. The molecule has 2 rings (SSSR count). The molecule has 0 aromatic carbocycles. The fraction of sp³-hybridized carbons (Fsp3) is 0.571. The number of furan rings is 1. The van der Waals surface area contributed by atoms with E-state index in [-0.39, 0.29) is 31.0 Å². The lowest BCUT2D eigenvalue weighted by Crippen LogP contribution is -2.41. The molecule has 1 amide bonds. The summed E-state index contributed by atoms with van der Waals surface area (Å²) < 4.78 is 5.23. The van der Waals surface area contributed by atoms with Crippen LogP contribution < -0.4 is 5.32 Å². The number of rotatable bonds is 6. The average Bonchev–Trinajstić information content (AvgIpc) is 3.00. The summed E-state index contributed by atoms with van der Waals surface area (Å²) in [6.07, 6.45) is 3.45. The number of aliphatic carboxylic acids is 1. The molecule has 2 unspecified atom stereocenters. The number of carbonyl (C=O) groups excluding carboxylic acids is 1. The Hall–Kier alpha value is -1.82. The predicted molar refractivity (Wildman–Crippen MR) is 72.1 cm³/mol. The van der Waals surface area contributed by atoms with Crippen molar-refractivity contribution in [2.24, 2.45) is 0 Å². The molecule has 1 aliphatic rings. The normalized spacial score (nSPS) is 20.8. The molecule has 2 heterocycles. The van der Waals surface area contributed by atoms with Gasteiger partial charge in [0.15, 0.2) is 0 Å². The number of nitrogens with zero attached hydrogens (tertiary/aromatic N) is 1. The van der Waals surface area contributed by atoms with Crippen LogP contribution in [0.3, 0.4) is 0 Å². The van der Waals surface area contributed by atoms with Crippen LogP contribution in [0.4, 0.5) is 0 Å². The molecule has 1 aliphatic heterocycles. The quantitative estimate of drug-likeness (QED) is 0.823. The highest BCUT2D eigenvalue weighted by Gasteiger charge is 2.28. The van der Waals surface area contributed by atoms with Crippen molar-refractivity contribution < 1.29 is 19.1 Å². The second-order valence-corrected chi connectivity index (χ2v) is 5.17. The fourth-order valence-corrected chi connectivity index (χ4v) is 2.62. The molecular formula is C14H20N2O4. The van der Waals surface area contributed by atoms with Gasteiger partial charge in [-0.05, 0) is 38.4 Å². The molecule has 110 valence electrons. The van der Waals surface area contributed by atoms with Gasteiger partial charge in [-0.15, -0.1) is 0 Å². The Morgan fingerprint density at radius 3 is 3.05 bits per heavy atom. The van der Waals surface area contributed by atoms with Crippen molar-refractivity contribution in [2.45, 2.75) is 38.3 Å². The van der Waals surface area contributed by atoms with Crippen LogP contribution in [-0.4, -0.2) is 41.0 Å². The summed E-state index contributed by atoms with van der Waals surface area (Å²) >= 11 is 0. The minimum absolute atomic E-state index is 0.0304. The molecule has 1 fully saturated rings. The second kappa shape index (κ2) is 6.56. The maximum atomic E-state index is 12.0. The van der Waals surface area contributed by atoms with Gasteiger partial charge in [0, 0.05) is 6.04 Å². The van der Waals surface area contributed by atoms with E-state index in [9.17, 15) is 9.59 Å². The summed E-state index contributed by atoms with van der Waals surface area (Å²) in [7, 11) is 0. The maximum Gasteiger partial charge on any atom is 0.304 e. The van der Waals surface area contributed by atoms with Crippen LogP contribution in [0.1, 0.15) is 38.0 Å². The van der Waals surface area contributed by atoms with Crippen molar-refractivity contribution in [3.05, 3.63) is 24.2 Å². The molecule has 0 bridgehead atoms. The molecule has 6 nitrogen and oxygen atoms in total. The third kappa shape index (κ3) is 3.84. The first-order valence-electron chi connectivity index (χ1n) is 6.85. The topological polar surface area (TPSA) is 82.8 Å². The summed E-state index contributed by atoms with van der Waals surface area (Å²) in [5.74, 6) is -0.209. The third-order valence-electron chi connectivity index (χ3n) is 3.60. The molecule has 1 aromatic heterocycles. The number of carbonyl (C=O) groups is 2. The van der Waals surface area contributed by atoms with Crippen molar-refractivity contribution in [3.8, 4) is 0 Å². The zero-order valence-corrected chi connectivity index (χ0v) is 11.5. The molecule has 1 saturated heterocycles. The van der Waals surface area contributed by atoms with Crippen LogP contribution in [0.15, 0.2) is 22.8 Å². The average molecular weight is 280 g/mol. The summed E-state index contributed by atoms with van der Waals surface area (Å²) in [4.78, 5) is 24.7. The van der Waals surface area contributed by atoms with Crippen molar-refractivity contribution in [2.75, 3.05) is 13.1 Å². The molecule has 0 spiro atoms. The van der Waals surface area contributed by atoms with Gasteiger partial charge in [0.1, 0.15) is 5.76 Å². The van der Waals surface area contributed by atoms with E-state index in [1.54, 1.807) is 12.3 Å². The third-order valence-corrected chi connectivity index (χ3v) is 3.60. The summed E-state index contributed by atoms with van der Waals surface area (Å²) in [5, 5.41) is 11.7. The van der Waals surface area contributed by atoms with Gasteiger partial charge in [-0.2, -0.15) is 0 Å². The van der Waals surface area contributed by atoms with E-state index in [0.717, 1.165) is 19.4 Å². The molecule has 0 aliphatic carbocycles. The summed E-state index contributed by atoms with van der Waals surface area (Å²) in [6.45, 7) is 2.87. The first-order chi connectivity index (χ1) is 9.56. The predicted octanol–water partition coefficient (Wildman–Crippen LogP) is 1.40. The number of likely N-dealkylation sites (tertiary alicyclic amines) is 1. The Kier molecular flexibility index (Phi) is 4.79. The van der Waals surface area contributed by atoms with Crippen molar-refractivity contribution in [1.82, 2.24) is 10.2 Å². The molecule has 1 aromatic rings. The van der Waals surface area contributed by atoms with Gasteiger partial charge in [-0.1, -0.05) is 0 Å². The number of nitrogens with one attached hydrogen (secondary N) is 1. The number of hydrogen-bond acceptors (Lipinski definition) is 4. The van der Waals surface area contributed by atoms with E-state index in [1.807, 2.05) is 17.9 Å². The zero-order chi connectivity index (χ0) is 14.5. The second-order valence-electron chi connectivity index (χ2n) is 5.17. The first-order valence-corrected chi connectivity index (χ1v) is 6.85. The highest BCUT2D eigenvalue weighted by atomic mass is 16.4. The van der Waals surface area contributed by atoms with E-state index in [4.69, 9.17) is 9.52 Å². The molecule has 2 N–H and O–H groups in total. The number of carboxylic acids is 1. The van der Waals surface area contributed by atoms with Crippen LogP contribution in [0.5, 0.6) is 0 Å². The van der Waals surface area contributed by atoms with Gasteiger partial charge < -0.3 is 14.8 Å². The Balaban J connectivity index is 1.83. The molecule has 0 saturated carbocycles. The molecule has 20 heavy (non-hydrogen) atoms. The lowest BCUT2D eigenvalue weighted by Gasteiger charge is -2.23. The molecule has 6 heteroatoms. The van der Waals surface area contributed by atoms with Gasteiger partial charge in [0.2, 0.25) is 5.91 Å². The Labute approximate surface area is 117 Å². The van der Waals surface area contributed by atoms with Gasteiger partial charge in [-0.25, -0.2) is 0 Å². The highest BCUT2D eigenvalue weighted by Crippen LogP contribution is 2.20. The van der Waals surface area contributed by atoms with Crippen molar-refractivity contribution >= 4 is 11.9 Å². The summed E-state index contributed by atoms with van der Waals surface area (Å²) in [5.41, 5.74) is 0. The highest BCUT2D eigenvalue weighted by molar-refractivity contribution is 5.78. The fourth-order valence-electron chi connectivity index (χ4n) is 2.62. The first kappa shape index (κ1) is 14.6. The minimum Gasteiger partial charge on any atom is -0.481 e. The van der Waals surface area contributed by atoms with E-state index in [2.05, 4.69) is 5.32 Å². The van der Waals surface area contributed by atoms with Crippen LogP contribution in [0.25, 0.3) is 0 Å². The van der Waals surface area contributed by atoms with Crippen LogP contribution in [0.2, 0.25) is 0 Å². The van der Waals surface area contributed by atoms with Gasteiger partial charge >= 0.3 is 5.97 Å². The van der Waals surface area contributed by atoms with Crippen LogP contribution in [-0.2, 0) is 9.59 Å². The van der Waals surface area contributed by atoms with E-state index in [0.29, 0.717) is 5.76 Å². The molecular weight excluding hydrogens is 260 g/mol. The minimum atomic E-state index is -0.814. The smallest absolute Gasteiger partial charge is 0.304 e. The largest absolute Gasteiger partial charge is 0.481 e. The number of amides is 1. The van der Waals surface area contributed by atoms with Crippen molar-refractivity contribution in [1.29, 1.82) is 0 Å². The SMILES string of the molecule is CC(NC(=O)CN1CCCC1CC(=O)O)c1ccco1. The summed E-state index contributed by atoms with van der Waals surface area (Å²) in [6, 6.07) is 3.38. The number of hydrogen-bond donors (Lipinski definition) is 2. The van der Waals surface area contributed by atoms with Gasteiger partial charge in [0.25, 0.3) is 0 Å². The maximum absolute atomic E-state index is 12.0. The molecule has 2 atom stereocenters. The van der Waals surface area contributed by atoms with E-state index in [1.165, 1.54) is 0 Å². The Bertz CT molecular complexity index is 458. The van der Waals surface area contributed by atoms with Crippen LogP contribution >= 0.6 is 0 Å². The lowest BCUT2D eigenvalue weighted by molar-refractivity contribution is -0.138. The monoisotopic (exact) mass is 280 g/mol. The van der Waals surface area contributed by atoms with Gasteiger partial charge in [0.05, 0.1) is 25.3 Å². The standard InChI is InChI=1S/C14H20N2O4/c1-10(12-5-3-7-20-12)15-13(17)9-16-6-2-4-11(16)8-14(18)19/h3,5,7,10-11H,2,4,6,8-9H2,1H3,(H,15,17)(H,18,19). The number of carboxylic acid groups (broad SMARTS) is 1. The Morgan fingerprint density at radius 2 is 2.40 bits per heavy atom. The van der Waals surface area contributed by atoms with Crippen LogP contribution in [0, 0.1) is 0 Å². The van der Waals surface area contributed by atoms with E-state index >= 15 is 0 Å². The molecule has 0 radical (unpaired) electrons. The van der Waals surface area contributed by atoms with Crippen molar-refractivity contribution in [3.63, 3.8) is 0 Å². The Morgan fingerprint density at radius 1 is 1.60 bits per heavy atom.